The molecule has 1 aromatic rings. The van der Waals surface area contributed by atoms with Crippen molar-refractivity contribution in [1.29, 1.82) is 0 Å². The van der Waals surface area contributed by atoms with Crippen molar-refractivity contribution in [2.75, 3.05) is 25.0 Å². The zero-order valence-electron chi connectivity index (χ0n) is 11.7. The molecule has 0 saturated heterocycles. The number of rotatable bonds is 7. The van der Waals surface area contributed by atoms with Crippen molar-refractivity contribution in [3.63, 3.8) is 0 Å². The van der Waals surface area contributed by atoms with Gasteiger partial charge in [-0.2, -0.15) is 0 Å². The highest BCUT2D eigenvalue weighted by atomic mass is 15.2. The van der Waals surface area contributed by atoms with E-state index in [9.17, 15) is 0 Å². The Bertz CT molecular complexity index is 374. The fraction of sp³-hybridized carbons (Fsp3) is 0.714. The number of anilines is 1. The molecule has 1 saturated carbocycles. The van der Waals surface area contributed by atoms with Crippen molar-refractivity contribution in [3.8, 4) is 0 Å². The van der Waals surface area contributed by atoms with Crippen molar-refractivity contribution < 1.29 is 0 Å². The lowest BCUT2D eigenvalue weighted by atomic mass is 10.2. The number of nitrogens with zero attached hydrogens (tertiary/aromatic N) is 3. The third-order valence-electron chi connectivity index (χ3n) is 3.15. The van der Waals surface area contributed by atoms with Crippen LogP contribution in [0.5, 0.6) is 0 Å². The standard InChI is InChI=1S/C14H24N4/c1-11(2)6-15-7-13-8-16-9-14(17-13)18(3)10-12-4-5-12/h8-9,11-12,15H,4-7,10H2,1-3H3. The summed E-state index contributed by atoms with van der Waals surface area (Å²) >= 11 is 0. The summed E-state index contributed by atoms with van der Waals surface area (Å²) < 4.78 is 0. The molecule has 1 aliphatic carbocycles. The average Bonchev–Trinajstić information content (AvgIpc) is 3.13. The number of hydrogen-bond donors (Lipinski definition) is 1. The highest BCUT2D eigenvalue weighted by Gasteiger charge is 2.23. The van der Waals surface area contributed by atoms with Crippen LogP contribution in [0, 0.1) is 11.8 Å². The third kappa shape index (κ3) is 4.26. The van der Waals surface area contributed by atoms with Gasteiger partial charge in [0.2, 0.25) is 0 Å². The molecule has 0 radical (unpaired) electrons. The summed E-state index contributed by atoms with van der Waals surface area (Å²) in [6, 6.07) is 0. The first-order chi connectivity index (χ1) is 8.65. The largest absolute Gasteiger partial charge is 0.358 e. The smallest absolute Gasteiger partial charge is 0.147 e. The second-order valence-corrected chi connectivity index (χ2v) is 5.72. The van der Waals surface area contributed by atoms with E-state index >= 15 is 0 Å². The molecule has 0 atom stereocenters. The molecule has 100 valence electrons. The van der Waals surface area contributed by atoms with Crippen LogP contribution in [0.2, 0.25) is 0 Å². The predicted molar refractivity (Wildman–Crippen MR) is 74.6 cm³/mol. The van der Waals surface area contributed by atoms with Gasteiger partial charge in [-0.05, 0) is 31.2 Å². The van der Waals surface area contributed by atoms with Crippen molar-refractivity contribution in [1.82, 2.24) is 15.3 Å². The van der Waals surface area contributed by atoms with Crippen LogP contribution >= 0.6 is 0 Å². The Kier molecular flexibility index (Phi) is 4.53. The fourth-order valence-electron chi connectivity index (χ4n) is 1.93. The van der Waals surface area contributed by atoms with E-state index in [4.69, 9.17) is 0 Å². The van der Waals surface area contributed by atoms with Crippen LogP contribution in [0.3, 0.4) is 0 Å². The molecular weight excluding hydrogens is 224 g/mol. The van der Waals surface area contributed by atoms with Gasteiger partial charge in [0.15, 0.2) is 0 Å². The highest BCUT2D eigenvalue weighted by Crippen LogP contribution is 2.30. The van der Waals surface area contributed by atoms with E-state index in [-0.39, 0.29) is 0 Å². The van der Waals surface area contributed by atoms with Crippen LogP contribution in [-0.4, -0.2) is 30.1 Å². The average molecular weight is 248 g/mol. The molecular formula is C14H24N4. The summed E-state index contributed by atoms with van der Waals surface area (Å²) in [6.45, 7) is 7.34. The van der Waals surface area contributed by atoms with Crippen LogP contribution in [0.15, 0.2) is 12.4 Å². The molecule has 0 aliphatic heterocycles. The maximum Gasteiger partial charge on any atom is 0.147 e. The molecule has 0 unspecified atom stereocenters. The van der Waals surface area contributed by atoms with E-state index in [0.717, 1.165) is 37.1 Å². The monoisotopic (exact) mass is 248 g/mol. The van der Waals surface area contributed by atoms with Gasteiger partial charge in [-0.25, -0.2) is 4.98 Å². The van der Waals surface area contributed by atoms with E-state index in [2.05, 4.69) is 41.1 Å². The Morgan fingerprint density at radius 2 is 2.17 bits per heavy atom. The number of aromatic nitrogens is 2. The molecule has 4 nitrogen and oxygen atoms in total. The lowest BCUT2D eigenvalue weighted by Gasteiger charge is -2.18. The van der Waals surface area contributed by atoms with Gasteiger partial charge in [0, 0.05) is 26.3 Å². The molecule has 1 fully saturated rings. The lowest BCUT2D eigenvalue weighted by molar-refractivity contribution is 0.547. The van der Waals surface area contributed by atoms with Gasteiger partial charge < -0.3 is 10.2 Å². The third-order valence-corrected chi connectivity index (χ3v) is 3.15. The summed E-state index contributed by atoms with van der Waals surface area (Å²) in [5, 5.41) is 3.40. The Hall–Kier alpha value is -1.16. The normalized spacial score (nSPS) is 15.1. The minimum atomic E-state index is 0.665. The molecule has 0 amide bonds. The summed E-state index contributed by atoms with van der Waals surface area (Å²) in [7, 11) is 2.10. The maximum atomic E-state index is 4.65. The minimum Gasteiger partial charge on any atom is -0.358 e. The van der Waals surface area contributed by atoms with Gasteiger partial charge >= 0.3 is 0 Å². The SMILES string of the molecule is CC(C)CNCc1cncc(N(C)CC2CC2)n1. The van der Waals surface area contributed by atoms with Crippen molar-refractivity contribution in [3.05, 3.63) is 18.1 Å². The van der Waals surface area contributed by atoms with Gasteiger partial charge in [-0.15, -0.1) is 0 Å². The fourth-order valence-corrected chi connectivity index (χ4v) is 1.93. The van der Waals surface area contributed by atoms with Crippen LogP contribution in [0.1, 0.15) is 32.4 Å². The van der Waals surface area contributed by atoms with Gasteiger partial charge in [0.05, 0.1) is 11.9 Å². The zero-order valence-corrected chi connectivity index (χ0v) is 11.7. The van der Waals surface area contributed by atoms with E-state index in [1.54, 1.807) is 0 Å². The molecule has 1 N–H and O–H groups in total. The molecule has 18 heavy (non-hydrogen) atoms. The van der Waals surface area contributed by atoms with Gasteiger partial charge in [0.1, 0.15) is 5.82 Å². The molecule has 1 aromatic heterocycles. The van der Waals surface area contributed by atoms with E-state index < -0.39 is 0 Å². The first-order valence-electron chi connectivity index (χ1n) is 6.88. The molecule has 1 heterocycles. The van der Waals surface area contributed by atoms with Gasteiger partial charge in [0.25, 0.3) is 0 Å². The van der Waals surface area contributed by atoms with Crippen LogP contribution in [-0.2, 0) is 6.54 Å². The zero-order chi connectivity index (χ0) is 13.0. The first kappa shape index (κ1) is 13.3. The van der Waals surface area contributed by atoms with Crippen LogP contribution in [0.4, 0.5) is 5.82 Å². The number of hydrogen-bond acceptors (Lipinski definition) is 4. The summed E-state index contributed by atoms with van der Waals surface area (Å²) in [5.41, 5.74) is 1.02. The minimum absolute atomic E-state index is 0.665. The molecule has 4 heteroatoms. The second kappa shape index (κ2) is 6.14. The highest BCUT2D eigenvalue weighted by molar-refractivity contribution is 5.35. The molecule has 0 aromatic carbocycles. The van der Waals surface area contributed by atoms with E-state index in [0.29, 0.717) is 5.92 Å². The Morgan fingerprint density at radius 3 is 2.83 bits per heavy atom. The topological polar surface area (TPSA) is 41.1 Å². The summed E-state index contributed by atoms with van der Waals surface area (Å²) in [5.74, 6) is 2.53. The quantitative estimate of drug-likeness (QED) is 0.802. The Balaban J connectivity index is 1.87. The molecule has 0 spiro atoms. The maximum absolute atomic E-state index is 4.65. The summed E-state index contributed by atoms with van der Waals surface area (Å²) in [6.07, 6.45) is 6.44. The second-order valence-electron chi connectivity index (χ2n) is 5.72. The first-order valence-corrected chi connectivity index (χ1v) is 6.88. The lowest BCUT2D eigenvalue weighted by Crippen LogP contribution is -2.23. The van der Waals surface area contributed by atoms with Crippen molar-refractivity contribution >= 4 is 5.82 Å². The molecule has 1 aliphatic rings. The van der Waals surface area contributed by atoms with Gasteiger partial charge in [-0.1, -0.05) is 13.8 Å². The Labute approximate surface area is 110 Å². The van der Waals surface area contributed by atoms with E-state index in [1.807, 2.05) is 12.4 Å². The predicted octanol–water partition coefficient (Wildman–Crippen LogP) is 2.07. The van der Waals surface area contributed by atoms with Crippen LogP contribution < -0.4 is 10.2 Å². The summed E-state index contributed by atoms with van der Waals surface area (Å²) in [4.78, 5) is 11.2. The van der Waals surface area contributed by atoms with Crippen molar-refractivity contribution in [2.24, 2.45) is 11.8 Å². The van der Waals surface area contributed by atoms with E-state index in [1.165, 1.54) is 12.8 Å². The molecule has 2 rings (SSSR count). The number of nitrogens with one attached hydrogen (secondary N) is 1. The van der Waals surface area contributed by atoms with Gasteiger partial charge in [-0.3, -0.25) is 4.98 Å². The van der Waals surface area contributed by atoms with Crippen LogP contribution in [0.25, 0.3) is 0 Å². The Morgan fingerprint density at radius 1 is 1.39 bits per heavy atom. The molecule has 0 bridgehead atoms. The van der Waals surface area contributed by atoms with Crippen molar-refractivity contribution in [2.45, 2.75) is 33.2 Å².